The Labute approximate surface area is 87.5 Å². The molecule has 1 N–H and O–H groups in total. The molecule has 0 bridgehead atoms. The van der Waals surface area contributed by atoms with E-state index in [-0.39, 0.29) is 0 Å². The van der Waals surface area contributed by atoms with Crippen molar-refractivity contribution in [1.82, 2.24) is 5.32 Å². The molecular weight excluding hydrogens is 170 g/mol. The Morgan fingerprint density at radius 3 is 2.64 bits per heavy atom. The zero-order valence-electron chi connectivity index (χ0n) is 9.51. The van der Waals surface area contributed by atoms with E-state index in [1.807, 2.05) is 13.8 Å². The average Bonchev–Trinajstić information content (AvgIpc) is 2.74. The third-order valence-corrected chi connectivity index (χ3v) is 2.57. The van der Waals surface area contributed by atoms with E-state index in [9.17, 15) is 0 Å². The molecular formula is C13H21N. The van der Waals surface area contributed by atoms with Crippen LogP contribution in [0.5, 0.6) is 0 Å². The molecule has 1 unspecified atom stereocenters. The molecule has 0 aliphatic carbocycles. The summed E-state index contributed by atoms with van der Waals surface area (Å²) in [4.78, 5) is 0. The van der Waals surface area contributed by atoms with Gasteiger partial charge in [0.2, 0.25) is 0 Å². The van der Waals surface area contributed by atoms with E-state index in [1.54, 1.807) is 0 Å². The molecule has 78 valence electrons. The third-order valence-electron chi connectivity index (χ3n) is 2.57. The Bertz CT molecular complexity index is 262. The van der Waals surface area contributed by atoms with Gasteiger partial charge in [-0.25, -0.2) is 0 Å². The fourth-order valence-corrected chi connectivity index (χ4v) is 1.86. The minimum Gasteiger partial charge on any atom is -0.316 e. The van der Waals surface area contributed by atoms with Gasteiger partial charge in [0.05, 0.1) is 0 Å². The van der Waals surface area contributed by atoms with Crippen molar-refractivity contribution in [3.05, 3.63) is 35.4 Å². The second kappa shape index (κ2) is 5.82. The second-order valence-corrected chi connectivity index (χ2v) is 3.60. The van der Waals surface area contributed by atoms with E-state index in [2.05, 4.69) is 36.5 Å². The van der Waals surface area contributed by atoms with E-state index in [0.29, 0.717) is 0 Å². The largest absolute Gasteiger partial charge is 0.316 e. The van der Waals surface area contributed by atoms with Crippen LogP contribution in [-0.4, -0.2) is 13.1 Å². The highest BCUT2D eigenvalue weighted by Crippen LogP contribution is 2.22. The van der Waals surface area contributed by atoms with Gasteiger partial charge in [-0.1, -0.05) is 43.7 Å². The number of nitrogens with one attached hydrogen (secondary N) is 1. The number of rotatable bonds is 1. The van der Waals surface area contributed by atoms with Crippen LogP contribution in [0.2, 0.25) is 0 Å². The predicted octanol–water partition coefficient (Wildman–Crippen LogP) is 3.10. The van der Waals surface area contributed by atoms with Gasteiger partial charge in [0, 0.05) is 6.54 Å². The summed E-state index contributed by atoms with van der Waals surface area (Å²) in [6.07, 6.45) is 1.30. The van der Waals surface area contributed by atoms with Gasteiger partial charge in [-0.15, -0.1) is 0 Å². The lowest BCUT2D eigenvalue weighted by Crippen LogP contribution is -2.07. The lowest BCUT2D eigenvalue weighted by molar-refractivity contribution is 0.762. The third kappa shape index (κ3) is 2.85. The van der Waals surface area contributed by atoms with Gasteiger partial charge in [0.15, 0.2) is 0 Å². The molecule has 1 aromatic rings. The Morgan fingerprint density at radius 1 is 1.29 bits per heavy atom. The van der Waals surface area contributed by atoms with Crippen molar-refractivity contribution < 1.29 is 0 Å². The summed E-state index contributed by atoms with van der Waals surface area (Å²) in [7, 11) is 0. The topological polar surface area (TPSA) is 12.0 Å². The standard InChI is InChI=1S/C11H15N.C2H6/c1-9-3-2-4-10(7-9)11-5-6-12-8-11;1-2/h2-4,7,11-12H,5-6,8H2,1H3;1-2H3. The van der Waals surface area contributed by atoms with Gasteiger partial charge in [0.1, 0.15) is 0 Å². The molecule has 0 radical (unpaired) electrons. The molecule has 2 rings (SSSR count). The van der Waals surface area contributed by atoms with Crippen LogP contribution in [0.4, 0.5) is 0 Å². The van der Waals surface area contributed by atoms with Crippen LogP contribution in [0, 0.1) is 6.92 Å². The quantitative estimate of drug-likeness (QED) is 0.719. The molecule has 1 heteroatoms. The highest BCUT2D eigenvalue weighted by atomic mass is 14.9. The molecule has 1 heterocycles. The molecule has 1 aliphatic rings. The number of aryl methyl sites for hydroxylation is 1. The van der Waals surface area contributed by atoms with Gasteiger partial charge < -0.3 is 5.32 Å². The van der Waals surface area contributed by atoms with Crippen LogP contribution in [0.25, 0.3) is 0 Å². The molecule has 1 nitrogen and oxygen atoms in total. The second-order valence-electron chi connectivity index (χ2n) is 3.60. The van der Waals surface area contributed by atoms with Crippen molar-refractivity contribution in [1.29, 1.82) is 0 Å². The molecule has 0 spiro atoms. The average molecular weight is 191 g/mol. The normalized spacial score (nSPS) is 20.1. The Balaban J connectivity index is 0.000000461. The highest BCUT2D eigenvalue weighted by Gasteiger charge is 2.15. The maximum atomic E-state index is 3.39. The monoisotopic (exact) mass is 191 g/mol. The maximum absolute atomic E-state index is 3.39. The van der Waals surface area contributed by atoms with Gasteiger partial charge >= 0.3 is 0 Å². The molecule has 0 aromatic heterocycles. The Kier molecular flexibility index (Phi) is 4.68. The van der Waals surface area contributed by atoms with Crippen molar-refractivity contribution in [3.63, 3.8) is 0 Å². The summed E-state index contributed by atoms with van der Waals surface area (Å²) in [5.41, 5.74) is 2.87. The summed E-state index contributed by atoms with van der Waals surface area (Å²) in [5, 5.41) is 3.39. The fraction of sp³-hybridized carbons (Fsp3) is 0.538. The van der Waals surface area contributed by atoms with Crippen molar-refractivity contribution >= 4 is 0 Å². The molecule has 14 heavy (non-hydrogen) atoms. The van der Waals surface area contributed by atoms with Gasteiger partial charge in [-0.3, -0.25) is 0 Å². The van der Waals surface area contributed by atoms with Crippen LogP contribution in [0.3, 0.4) is 0 Å². The summed E-state index contributed by atoms with van der Waals surface area (Å²) in [6.45, 7) is 8.49. The lowest BCUT2D eigenvalue weighted by atomic mass is 9.97. The molecule has 1 fully saturated rings. The first-order chi connectivity index (χ1) is 6.86. The van der Waals surface area contributed by atoms with Gasteiger partial charge in [-0.2, -0.15) is 0 Å². The fourth-order valence-electron chi connectivity index (χ4n) is 1.86. The van der Waals surface area contributed by atoms with Crippen LogP contribution in [0.15, 0.2) is 24.3 Å². The first kappa shape index (κ1) is 11.3. The van der Waals surface area contributed by atoms with E-state index in [1.165, 1.54) is 24.1 Å². The number of hydrogen-bond acceptors (Lipinski definition) is 1. The van der Waals surface area contributed by atoms with Crippen molar-refractivity contribution in [3.8, 4) is 0 Å². The van der Waals surface area contributed by atoms with E-state index in [4.69, 9.17) is 0 Å². The first-order valence-electron chi connectivity index (χ1n) is 5.63. The summed E-state index contributed by atoms with van der Waals surface area (Å²) >= 11 is 0. The van der Waals surface area contributed by atoms with Crippen LogP contribution in [-0.2, 0) is 0 Å². The molecule has 1 saturated heterocycles. The number of hydrogen-bond donors (Lipinski definition) is 1. The number of benzene rings is 1. The summed E-state index contributed by atoms with van der Waals surface area (Å²) < 4.78 is 0. The first-order valence-corrected chi connectivity index (χ1v) is 5.63. The summed E-state index contributed by atoms with van der Waals surface area (Å²) in [5.74, 6) is 0.755. The Morgan fingerprint density at radius 2 is 2.07 bits per heavy atom. The predicted molar refractivity (Wildman–Crippen MR) is 62.8 cm³/mol. The van der Waals surface area contributed by atoms with Gasteiger partial charge in [-0.05, 0) is 31.4 Å². The smallest absolute Gasteiger partial charge is 0.00206 e. The van der Waals surface area contributed by atoms with E-state index >= 15 is 0 Å². The van der Waals surface area contributed by atoms with Crippen molar-refractivity contribution in [2.75, 3.05) is 13.1 Å². The van der Waals surface area contributed by atoms with E-state index in [0.717, 1.165) is 12.5 Å². The lowest BCUT2D eigenvalue weighted by Gasteiger charge is -2.08. The molecule has 1 atom stereocenters. The van der Waals surface area contributed by atoms with Gasteiger partial charge in [0.25, 0.3) is 0 Å². The highest BCUT2D eigenvalue weighted by molar-refractivity contribution is 5.26. The van der Waals surface area contributed by atoms with Crippen LogP contribution >= 0.6 is 0 Å². The Hall–Kier alpha value is -0.820. The molecule has 1 aromatic carbocycles. The molecule has 0 saturated carbocycles. The molecule has 1 aliphatic heterocycles. The van der Waals surface area contributed by atoms with Crippen molar-refractivity contribution in [2.24, 2.45) is 0 Å². The van der Waals surface area contributed by atoms with E-state index < -0.39 is 0 Å². The minimum atomic E-state index is 0.755. The summed E-state index contributed by atoms with van der Waals surface area (Å²) in [6, 6.07) is 8.86. The minimum absolute atomic E-state index is 0.755. The van der Waals surface area contributed by atoms with Crippen molar-refractivity contribution in [2.45, 2.75) is 33.1 Å². The van der Waals surface area contributed by atoms with Crippen LogP contribution in [0.1, 0.15) is 37.3 Å². The zero-order valence-corrected chi connectivity index (χ0v) is 9.51. The zero-order chi connectivity index (χ0) is 10.4. The van der Waals surface area contributed by atoms with Crippen LogP contribution < -0.4 is 5.32 Å². The molecule has 0 amide bonds. The maximum Gasteiger partial charge on any atom is 0.00206 e. The SMILES string of the molecule is CC.Cc1cccc(C2CCNC2)c1.